The number of benzene rings is 1. The molecule has 0 aliphatic carbocycles. The first kappa shape index (κ1) is 18.1. The van der Waals surface area contributed by atoms with Gasteiger partial charge in [0.1, 0.15) is 17.4 Å². The molecule has 0 heterocycles. The van der Waals surface area contributed by atoms with Crippen molar-refractivity contribution >= 4 is 28.7 Å². The second kappa shape index (κ2) is 7.35. The van der Waals surface area contributed by atoms with Crippen molar-refractivity contribution in [3.8, 4) is 0 Å². The summed E-state index contributed by atoms with van der Waals surface area (Å²) in [5, 5.41) is 33.8. The van der Waals surface area contributed by atoms with Crippen molar-refractivity contribution < 1.29 is 19.7 Å². The van der Waals surface area contributed by atoms with Gasteiger partial charge in [0.2, 0.25) is 0 Å². The zero-order valence-corrected chi connectivity index (χ0v) is 12.5. The van der Waals surface area contributed by atoms with E-state index in [0.717, 1.165) is 12.1 Å². The number of rotatable bonds is 8. The van der Waals surface area contributed by atoms with Crippen LogP contribution in [0.1, 0.15) is 20.3 Å². The molecule has 5 N–H and O–H groups in total. The average Bonchev–Trinajstić information content (AvgIpc) is 2.44. The molecule has 0 unspecified atom stereocenters. The maximum Gasteiger partial charge on any atom is 0.326 e. The molecule has 11 heteroatoms. The number of nitrogens with one attached hydrogen (secondary N) is 2. The van der Waals surface area contributed by atoms with E-state index in [1.54, 1.807) is 13.8 Å². The van der Waals surface area contributed by atoms with Gasteiger partial charge in [0.25, 0.3) is 5.69 Å². The summed E-state index contributed by atoms with van der Waals surface area (Å²) in [4.78, 5) is 31.6. The number of nitrogen functional groups attached to an aromatic ring is 1. The number of nitro benzene ring substituents is 2. The number of hydrazine groups is 1. The summed E-state index contributed by atoms with van der Waals surface area (Å²) in [6, 6.07) is 0.694. The lowest BCUT2D eigenvalue weighted by Gasteiger charge is -2.18. The Balaban J connectivity index is 3.35. The van der Waals surface area contributed by atoms with Crippen LogP contribution in [0, 0.1) is 26.1 Å². The number of nitrogens with zero attached hydrogens (tertiary/aromatic N) is 2. The minimum Gasteiger partial charge on any atom is -0.480 e. The molecular weight excluding hydrogens is 310 g/mol. The number of nitro groups is 2. The standard InChI is InChI=1S/C12H17N5O6/c1-6(2)3-9(12(18)19)14-7-4-8(15-13)11(17(22)23)5-10(7)16(20)21/h4-6,9,14-15H,3,13H2,1-2H3,(H,18,19)/t9-/m0/s1. The molecule has 1 aromatic rings. The van der Waals surface area contributed by atoms with Crippen molar-refractivity contribution in [1.82, 2.24) is 0 Å². The Kier molecular flexibility index (Phi) is 5.79. The Hall–Kier alpha value is -2.95. The van der Waals surface area contributed by atoms with Crippen LogP contribution >= 0.6 is 0 Å². The molecule has 0 saturated carbocycles. The van der Waals surface area contributed by atoms with Gasteiger partial charge in [-0.1, -0.05) is 13.8 Å². The maximum atomic E-state index is 11.3. The summed E-state index contributed by atoms with van der Waals surface area (Å²) in [5.41, 5.74) is 0.551. The zero-order valence-electron chi connectivity index (χ0n) is 12.5. The van der Waals surface area contributed by atoms with Gasteiger partial charge in [-0.15, -0.1) is 0 Å². The first-order valence-corrected chi connectivity index (χ1v) is 6.60. The molecule has 23 heavy (non-hydrogen) atoms. The van der Waals surface area contributed by atoms with E-state index in [9.17, 15) is 30.1 Å². The van der Waals surface area contributed by atoms with Crippen molar-refractivity contribution in [3.63, 3.8) is 0 Å². The number of nitrogens with two attached hydrogens (primary N) is 1. The number of carboxylic acid groups (broad SMARTS) is 1. The third kappa shape index (κ3) is 4.51. The van der Waals surface area contributed by atoms with Crippen molar-refractivity contribution in [2.75, 3.05) is 10.7 Å². The van der Waals surface area contributed by atoms with E-state index >= 15 is 0 Å². The highest BCUT2D eigenvalue weighted by atomic mass is 16.6. The number of hydrogen-bond donors (Lipinski definition) is 4. The fourth-order valence-corrected chi connectivity index (χ4v) is 1.99. The quantitative estimate of drug-likeness (QED) is 0.314. The average molecular weight is 327 g/mol. The fourth-order valence-electron chi connectivity index (χ4n) is 1.99. The molecule has 1 atom stereocenters. The summed E-state index contributed by atoms with van der Waals surface area (Å²) >= 11 is 0. The van der Waals surface area contributed by atoms with Gasteiger partial charge in [-0.25, -0.2) is 4.79 Å². The van der Waals surface area contributed by atoms with E-state index in [1.807, 2.05) is 0 Å². The molecule has 0 fully saturated rings. The van der Waals surface area contributed by atoms with Gasteiger partial charge in [-0.2, -0.15) is 0 Å². The number of aliphatic carboxylic acids is 1. The molecule has 11 nitrogen and oxygen atoms in total. The van der Waals surface area contributed by atoms with Crippen LogP contribution in [-0.4, -0.2) is 27.0 Å². The van der Waals surface area contributed by atoms with Gasteiger partial charge in [0.15, 0.2) is 0 Å². The minimum absolute atomic E-state index is 0.0211. The first-order chi connectivity index (χ1) is 10.7. The number of carboxylic acids is 1. The molecule has 0 saturated heterocycles. The van der Waals surface area contributed by atoms with E-state index < -0.39 is 33.2 Å². The molecule has 0 spiro atoms. The van der Waals surface area contributed by atoms with Crippen LogP contribution in [0.2, 0.25) is 0 Å². The van der Waals surface area contributed by atoms with E-state index in [1.165, 1.54) is 0 Å². The molecular formula is C12H17N5O6. The van der Waals surface area contributed by atoms with Crippen LogP contribution in [0.5, 0.6) is 0 Å². The zero-order chi connectivity index (χ0) is 17.7. The van der Waals surface area contributed by atoms with Crippen LogP contribution in [-0.2, 0) is 4.79 Å². The highest BCUT2D eigenvalue weighted by Crippen LogP contribution is 2.36. The van der Waals surface area contributed by atoms with E-state index in [4.69, 9.17) is 5.84 Å². The molecule has 0 aromatic heterocycles. The minimum atomic E-state index is -1.19. The largest absolute Gasteiger partial charge is 0.480 e. The Labute approximate surface area is 130 Å². The van der Waals surface area contributed by atoms with Crippen molar-refractivity contribution in [2.45, 2.75) is 26.3 Å². The van der Waals surface area contributed by atoms with Crippen LogP contribution in [0.25, 0.3) is 0 Å². The third-order valence-corrected chi connectivity index (χ3v) is 3.00. The highest BCUT2D eigenvalue weighted by Gasteiger charge is 2.27. The van der Waals surface area contributed by atoms with Gasteiger partial charge >= 0.3 is 11.7 Å². The van der Waals surface area contributed by atoms with Gasteiger partial charge in [0, 0.05) is 0 Å². The van der Waals surface area contributed by atoms with E-state index in [2.05, 4.69) is 10.7 Å². The van der Waals surface area contributed by atoms with Crippen LogP contribution in [0.4, 0.5) is 22.7 Å². The SMILES string of the molecule is CC(C)C[C@H](Nc1cc(NN)c([N+](=O)[O-])cc1[N+](=O)[O-])C(=O)O. The molecule has 126 valence electrons. The van der Waals surface area contributed by atoms with Gasteiger partial charge in [0.05, 0.1) is 15.9 Å². The van der Waals surface area contributed by atoms with Gasteiger partial charge in [-0.05, 0) is 18.4 Å². The molecule has 0 amide bonds. The predicted molar refractivity (Wildman–Crippen MR) is 82.1 cm³/mol. The van der Waals surface area contributed by atoms with Crippen LogP contribution in [0.15, 0.2) is 12.1 Å². The van der Waals surface area contributed by atoms with Crippen molar-refractivity contribution in [1.29, 1.82) is 0 Å². The normalized spacial score (nSPS) is 11.8. The summed E-state index contributed by atoms with van der Waals surface area (Å²) < 4.78 is 0. The van der Waals surface area contributed by atoms with Crippen LogP contribution in [0.3, 0.4) is 0 Å². The first-order valence-electron chi connectivity index (χ1n) is 6.60. The number of hydrogen-bond acceptors (Lipinski definition) is 8. The van der Waals surface area contributed by atoms with Gasteiger partial charge in [-0.3, -0.25) is 26.1 Å². The summed E-state index contributed by atoms with van der Waals surface area (Å²) in [6.45, 7) is 3.60. The molecule has 1 rings (SSSR count). The lowest BCUT2D eigenvalue weighted by Crippen LogP contribution is -2.31. The monoisotopic (exact) mass is 327 g/mol. The molecule has 1 aromatic carbocycles. The smallest absolute Gasteiger partial charge is 0.326 e. The maximum absolute atomic E-state index is 11.3. The molecule has 0 aliphatic heterocycles. The van der Waals surface area contributed by atoms with Crippen molar-refractivity contribution in [2.24, 2.45) is 11.8 Å². The van der Waals surface area contributed by atoms with E-state index in [-0.39, 0.29) is 23.7 Å². The Morgan fingerprint density at radius 1 is 1.22 bits per heavy atom. The molecule has 0 bridgehead atoms. The Morgan fingerprint density at radius 3 is 2.13 bits per heavy atom. The fraction of sp³-hybridized carbons (Fsp3) is 0.417. The second-order valence-electron chi connectivity index (χ2n) is 5.21. The Morgan fingerprint density at radius 2 is 1.74 bits per heavy atom. The van der Waals surface area contributed by atoms with Crippen molar-refractivity contribution in [3.05, 3.63) is 32.4 Å². The van der Waals surface area contributed by atoms with Crippen LogP contribution < -0.4 is 16.6 Å². The van der Waals surface area contributed by atoms with E-state index in [0.29, 0.717) is 0 Å². The number of anilines is 2. The van der Waals surface area contributed by atoms with Gasteiger partial charge < -0.3 is 15.8 Å². The summed E-state index contributed by atoms with van der Waals surface area (Å²) in [6.07, 6.45) is 0.217. The lowest BCUT2D eigenvalue weighted by atomic mass is 10.0. The third-order valence-electron chi connectivity index (χ3n) is 3.00. The predicted octanol–water partition coefficient (Wildman–Crippen LogP) is 1.70. The molecule has 0 radical (unpaired) electrons. The highest BCUT2D eigenvalue weighted by molar-refractivity contribution is 5.82. The lowest BCUT2D eigenvalue weighted by molar-refractivity contribution is -0.393. The molecule has 0 aliphatic rings. The Bertz CT molecular complexity index is 633. The second-order valence-corrected chi connectivity index (χ2v) is 5.21. The summed E-state index contributed by atoms with van der Waals surface area (Å²) in [7, 11) is 0. The summed E-state index contributed by atoms with van der Waals surface area (Å²) in [5.74, 6) is 4.02. The topological polar surface area (TPSA) is 174 Å². The number of carbonyl (C=O) groups is 1.